The Hall–Kier alpha value is -1.35. The maximum absolute atomic E-state index is 10.8. The Morgan fingerprint density at radius 3 is 2.71 bits per heavy atom. The van der Waals surface area contributed by atoms with E-state index in [1.807, 2.05) is 11.0 Å². The van der Waals surface area contributed by atoms with Crippen molar-refractivity contribution in [2.45, 2.75) is 33.2 Å². The number of carbonyl (C=O) groups is 1. The Morgan fingerprint density at radius 2 is 2.18 bits per heavy atom. The molecule has 17 heavy (non-hydrogen) atoms. The largest absolute Gasteiger partial charge is 0.480 e. The first kappa shape index (κ1) is 13.7. The van der Waals surface area contributed by atoms with Gasteiger partial charge in [0.05, 0.1) is 6.54 Å². The average Bonchev–Trinajstić information content (AvgIpc) is 2.27. The van der Waals surface area contributed by atoms with Crippen LogP contribution < -0.4 is 0 Å². The number of benzene rings is 1. The zero-order valence-corrected chi connectivity index (χ0v) is 10.8. The fraction of sp³-hybridized carbons (Fsp3) is 0.500. The molecule has 0 saturated carbocycles. The molecule has 0 aliphatic rings. The monoisotopic (exact) mass is 235 g/mol. The van der Waals surface area contributed by atoms with Crippen LogP contribution in [-0.2, 0) is 4.79 Å². The van der Waals surface area contributed by atoms with E-state index < -0.39 is 5.97 Å². The summed E-state index contributed by atoms with van der Waals surface area (Å²) in [6, 6.07) is 8.40. The van der Waals surface area contributed by atoms with Gasteiger partial charge in [-0.15, -0.1) is 0 Å². The molecule has 0 amide bonds. The van der Waals surface area contributed by atoms with E-state index in [9.17, 15) is 4.79 Å². The predicted molar refractivity (Wildman–Crippen MR) is 69.1 cm³/mol. The maximum atomic E-state index is 10.8. The van der Waals surface area contributed by atoms with Gasteiger partial charge in [-0.1, -0.05) is 36.8 Å². The molecule has 0 heterocycles. The molecule has 1 N–H and O–H groups in total. The molecule has 0 aliphatic heterocycles. The van der Waals surface area contributed by atoms with Gasteiger partial charge in [-0.2, -0.15) is 0 Å². The molecule has 0 spiro atoms. The van der Waals surface area contributed by atoms with Gasteiger partial charge in [0.15, 0.2) is 0 Å². The summed E-state index contributed by atoms with van der Waals surface area (Å²) < 4.78 is 0. The first-order valence-corrected chi connectivity index (χ1v) is 6.07. The van der Waals surface area contributed by atoms with Gasteiger partial charge in [0.25, 0.3) is 0 Å². The van der Waals surface area contributed by atoms with Crippen LogP contribution in [0, 0.1) is 6.92 Å². The van der Waals surface area contributed by atoms with E-state index in [0.717, 1.165) is 13.0 Å². The number of aliphatic carboxylic acids is 1. The Labute approximate surface area is 103 Å². The molecule has 0 radical (unpaired) electrons. The summed E-state index contributed by atoms with van der Waals surface area (Å²) in [5.41, 5.74) is 2.39. The van der Waals surface area contributed by atoms with E-state index >= 15 is 0 Å². The lowest BCUT2D eigenvalue weighted by Crippen LogP contribution is -2.33. The second kappa shape index (κ2) is 6.40. The molecular weight excluding hydrogens is 214 g/mol. The molecule has 3 nitrogen and oxygen atoms in total. The van der Waals surface area contributed by atoms with E-state index in [0.29, 0.717) is 0 Å². The predicted octanol–water partition coefficient (Wildman–Crippen LogP) is 2.85. The minimum atomic E-state index is -0.766. The summed E-state index contributed by atoms with van der Waals surface area (Å²) in [6.07, 6.45) is 0.962. The molecule has 1 unspecified atom stereocenters. The number of hydrogen-bond donors (Lipinski definition) is 1. The lowest BCUT2D eigenvalue weighted by molar-refractivity contribution is -0.138. The smallest absolute Gasteiger partial charge is 0.317 e. The highest BCUT2D eigenvalue weighted by atomic mass is 16.4. The molecule has 0 saturated heterocycles. The van der Waals surface area contributed by atoms with Gasteiger partial charge in [-0.05, 0) is 32.4 Å². The van der Waals surface area contributed by atoms with Crippen molar-refractivity contribution in [3.8, 4) is 0 Å². The Bertz CT molecular complexity index is 376. The number of nitrogens with zero attached hydrogens (tertiary/aromatic N) is 1. The third kappa shape index (κ3) is 4.19. The van der Waals surface area contributed by atoms with Crippen molar-refractivity contribution < 1.29 is 9.90 Å². The minimum Gasteiger partial charge on any atom is -0.480 e. The molecule has 0 fully saturated rings. The summed E-state index contributed by atoms with van der Waals surface area (Å²) in [5.74, 6) is -0.766. The van der Waals surface area contributed by atoms with Crippen LogP contribution in [0.4, 0.5) is 0 Å². The van der Waals surface area contributed by atoms with Gasteiger partial charge in [0.2, 0.25) is 0 Å². The van der Waals surface area contributed by atoms with Crippen LogP contribution in [0.2, 0.25) is 0 Å². The van der Waals surface area contributed by atoms with Gasteiger partial charge in [0, 0.05) is 6.04 Å². The Morgan fingerprint density at radius 1 is 1.47 bits per heavy atom. The van der Waals surface area contributed by atoms with E-state index in [4.69, 9.17) is 5.11 Å². The third-order valence-electron chi connectivity index (χ3n) is 2.92. The van der Waals surface area contributed by atoms with Gasteiger partial charge in [-0.25, -0.2) is 0 Å². The topological polar surface area (TPSA) is 40.5 Å². The molecule has 1 atom stereocenters. The van der Waals surface area contributed by atoms with Crippen molar-refractivity contribution in [2.75, 3.05) is 13.1 Å². The Balaban J connectivity index is 2.82. The summed E-state index contributed by atoms with van der Waals surface area (Å²) >= 11 is 0. The molecule has 1 rings (SSSR count). The van der Waals surface area contributed by atoms with Crippen LogP contribution in [-0.4, -0.2) is 29.1 Å². The zero-order chi connectivity index (χ0) is 12.8. The number of carboxylic acid groups (broad SMARTS) is 1. The van der Waals surface area contributed by atoms with Gasteiger partial charge in [-0.3, -0.25) is 9.69 Å². The summed E-state index contributed by atoms with van der Waals surface area (Å²) in [7, 11) is 0. The molecule has 1 aromatic rings. The van der Waals surface area contributed by atoms with Crippen LogP contribution >= 0.6 is 0 Å². The molecule has 0 aromatic heterocycles. The van der Waals surface area contributed by atoms with Crippen molar-refractivity contribution in [3.63, 3.8) is 0 Å². The van der Waals surface area contributed by atoms with Crippen molar-refractivity contribution in [1.82, 2.24) is 4.90 Å². The van der Waals surface area contributed by atoms with Crippen LogP contribution in [0.5, 0.6) is 0 Å². The fourth-order valence-electron chi connectivity index (χ4n) is 2.01. The summed E-state index contributed by atoms with van der Waals surface area (Å²) in [4.78, 5) is 12.8. The highest BCUT2D eigenvalue weighted by Crippen LogP contribution is 2.20. The summed E-state index contributed by atoms with van der Waals surface area (Å²) in [5, 5.41) is 8.92. The van der Waals surface area contributed by atoms with Crippen molar-refractivity contribution >= 4 is 5.97 Å². The normalized spacial score (nSPS) is 12.7. The van der Waals surface area contributed by atoms with Gasteiger partial charge >= 0.3 is 5.97 Å². The maximum Gasteiger partial charge on any atom is 0.317 e. The SMILES string of the molecule is CCCN(CC(=O)O)C(C)c1cccc(C)c1. The van der Waals surface area contributed by atoms with Crippen molar-refractivity contribution in [3.05, 3.63) is 35.4 Å². The van der Waals surface area contributed by atoms with Crippen molar-refractivity contribution in [1.29, 1.82) is 0 Å². The number of carboxylic acids is 1. The molecule has 3 heteroatoms. The lowest BCUT2D eigenvalue weighted by Gasteiger charge is -2.27. The zero-order valence-electron chi connectivity index (χ0n) is 10.8. The van der Waals surface area contributed by atoms with Crippen molar-refractivity contribution in [2.24, 2.45) is 0 Å². The molecule has 0 aliphatic carbocycles. The first-order chi connectivity index (χ1) is 8.04. The molecule has 0 bridgehead atoms. The first-order valence-electron chi connectivity index (χ1n) is 6.07. The van der Waals surface area contributed by atoms with E-state index in [1.54, 1.807) is 0 Å². The van der Waals surface area contributed by atoms with E-state index in [2.05, 4.69) is 39.0 Å². The number of rotatable bonds is 6. The van der Waals surface area contributed by atoms with Crippen LogP contribution in [0.15, 0.2) is 24.3 Å². The highest BCUT2D eigenvalue weighted by molar-refractivity contribution is 5.69. The Kier molecular flexibility index (Phi) is 5.16. The van der Waals surface area contributed by atoms with Crippen LogP contribution in [0.1, 0.15) is 37.4 Å². The summed E-state index contributed by atoms with van der Waals surface area (Å²) in [6.45, 7) is 7.09. The van der Waals surface area contributed by atoms with Gasteiger partial charge < -0.3 is 5.11 Å². The van der Waals surface area contributed by atoms with E-state index in [1.165, 1.54) is 11.1 Å². The van der Waals surface area contributed by atoms with Crippen LogP contribution in [0.25, 0.3) is 0 Å². The lowest BCUT2D eigenvalue weighted by atomic mass is 10.0. The highest BCUT2D eigenvalue weighted by Gasteiger charge is 2.17. The molecule has 1 aromatic carbocycles. The second-order valence-electron chi connectivity index (χ2n) is 4.45. The number of aryl methyl sites for hydroxylation is 1. The second-order valence-corrected chi connectivity index (χ2v) is 4.45. The standard InChI is InChI=1S/C14H21NO2/c1-4-8-15(10-14(16)17)12(3)13-7-5-6-11(2)9-13/h5-7,9,12H,4,8,10H2,1-3H3,(H,16,17). The quantitative estimate of drug-likeness (QED) is 0.824. The van der Waals surface area contributed by atoms with E-state index in [-0.39, 0.29) is 12.6 Å². The third-order valence-corrected chi connectivity index (χ3v) is 2.92. The fourth-order valence-corrected chi connectivity index (χ4v) is 2.01. The number of hydrogen-bond acceptors (Lipinski definition) is 2. The molecule has 94 valence electrons. The average molecular weight is 235 g/mol. The van der Waals surface area contributed by atoms with Gasteiger partial charge in [0.1, 0.15) is 0 Å². The van der Waals surface area contributed by atoms with Crippen LogP contribution in [0.3, 0.4) is 0 Å². The molecular formula is C14H21NO2. The minimum absolute atomic E-state index is 0.100.